The minimum absolute atomic E-state index is 0.0679. The number of para-hydroxylation sites is 1. The molecule has 4 rings (SSSR count). The molecule has 0 bridgehead atoms. The first-order chi connectivity index (χ1) is 16.4. The maximum Gasteiger partial charge on any atom is 0.300 e. The highest BCUT2D eigenvalue weighted by Gasteiger charge is 2.48. The van der Waals surface area contributed by atoms with Gasteiger partial charge in [-0.25, -0.2) is 0 Å². The van der Waals surface area contributed by atoms with Crippen molar-refractivity contribution in [2.75, 3.05) is 26.2 Å². The largest absolute Gasteiger partial charge is 0.507 e. The van der Waals surface area contributed by atoms with Crippen LogP contribution in [0.25, 0.3) is 5.76 Å². The molecule has 1 aliphatic heterocycles. The van der Waals surface area contributed by atoms with Gasteiger partial charge in [-0.1, -0.05) is 35.9 Å². The molecule has 1 heterocycles. The summed E-state index contributed by atoms with van der Waals surface area (Å²) in [7, 11) is 4.47. The molecule has 3 aromatic carbocycles. The van der Waals surface area contributed by atoms with Crippen molar-refractivity contribution < 1.29 is 28.9 Å². The third-order valence-corrected chi connectivity index (χ3v) is 5.85. The molecular weight excluding hydrogens is 434 g/mol. The monoisotopic (exact) mass is 459 g/mol. The van der Waals surface area contributed by atoms with Gasteiger partial charge in [0.25, 0.3) is 11.7 Å². The molecule has 1 N–H and O–H groups in total. The van der Waals surface area contributed by atoms with Crippen LogP contribution < -0.4 is 19.1 Å². The fraction of sp³-hybridized carbons (Fsp3) is 0.185. The highest BCUT2D eigenvalue weighted by atomic mass is 16.5. The fourth-order valence-electron chi connectivity index (χ4n) is 4.13. The molecular formula is C27H25NO6. The molecule has 34 heavy (non-hydrogen) atoms. The number of ketones is 1. The number of amides is 1. The standard InChI is InChI=1S/C27H25NO6/c1-16-9-11-17(12-10-16)28-24(19-7-5-6-8-21(19)33-3)23(26(30)27(28)31)25(29)20-15-18(32-2)13-14-22(20)34-4/h5-15,24,29H,1-4H3/b25-23+. The maximum absolute atomic E-state index is 13.4. The molecule has 0 radical (unpaired) electrons. The molecule has 1 amide bonds. The molecule has 3 aromatic rings. The quantitative estimate of drug-likeness (QED) is 0.328. The number of methoxy groups -OCH3 is 3. The van der Waals surface area contributed by atoms with Gasteiger partial charge in [0.2, 0.25) is 0 Å². The van der Waals surface area contributed by atoms with Crippen LogP contribution in [-0.4, -0.2) is 38.1 Å². The van der Waals surface area contributed by atoms with Gasteiger partial charge >= 0.3 is 0 Å². The SMILES string of the molecule is COc1ccc(OC)c(/C(O)=C2\C(=O)C(=O)N(c3ccc(C)cc3)C2c2ccccc2OC)c1. The van der Waals surface area contributed by atoms with Gasteiger partial charge in [0.1, 0.15) is 23.0 Å². The van der Waals surface area contributed by atoms with Crippen LogP contribution in [0.3, 0.4) is 0 Å². The van der Waals surface area contributed by atoms with Crippen molar-refractivity contribution in [1.82, 2.24) is 0 Å². The second-order valence-electron chi connectivity index (χ2n) is 7.81. The third kappa shape index (κ3) is 3.85. The number of anilines is 1. The molecule has 0 aliphatic carbocycles. The number of benzene rings is 3. The number of carbonyl (C=O) groups is 2. The first-order valence-electron chi connectivity index (χ1n) is 10.6. The molecule has 1 atom stereocenters. The first kappa shape index (κ1) is 22.9. The Labute approximate surface area is 197 Å². The van der Waals surface area contributed by atoms with Crippen molar-refractivity contribution in [1.29, 1.82) is 0 Å². The van der Waals surface area contributed by atoms with E-state index in [-0.39, 0.29) is 16.9 Å². The van der Waals surface area contributed by atoms with Gasteiger partial charge in [-0.2, -0.15) is 0 Å². The molecule has 1 saturated heterocycles. The second kappa shape index (κ2) is 9.31. The Morgan fingerprint density at radius 1 is 0.853 bits per heavy atom. The number of Topliss-reactive ketones (excluding diaryl/α,β-unsaturated/α-hetero) is 1. The average molecular weight is 459 g/mol. The van der Waals surface area contributed by atoms with Crippen molar-refractivity contribution in [3.8, 4) is 17.2 Å². The summed E-state index contributed by atoms with van der Waals surface area (Å²) < 4.78 is 16.3. The fourth-order valence-corrected chi connectivity index (χ4v) is 4.13. The minimum Gasteiger partial charge on any atom is -0.507 e. The predicted molar refractivity (Wildman–Crippen MR) is 129 cm³/mol. The number of hydrogen-bond donors (Lipinski definition) is 1. The lowest BCUT2D eigenvalue weighted by atomic mass is 9.94. The molecule has 0 spiro atoms. The van der Waals surface area contributed by atoms with E-state index in [1.165, 1.54) is 26.2 Å². The van der Waals surface area contributed by atoms with Crippen molar-refractivity contribution >= 4 is 23.1 Å². The Balaban J connectivity index is 2.02. The highest BCUT2D eigenvalue weighted by Crippen LogP contribution is 2.46. The maximum atomic E-state index is 13.4. The van der Waals surface area contributed by atoms with E-state index in [0.717, 1.165) is 5.56 Å². The van der Waals surface area contributed by atoms with Gasteiger partial charge in [0, 0.05) is 11.3 Å². The number of hydrogen-bond acceptors (Lipinski definition) is 6. The lowest BCUT2D eigenvalue weighted by Gasteiger charge is -2.27. The number of carbonyl (C=O) groups excluding carboxylic acids is 2. The van der Waals surface area contributed by atoms with Crippen LogP contribution in [0.2, 0.25) is 0 Å². The number of nitrogens with zero attached hydrogens (tertiary/aromatic N) is 1. The summed E-state index contributed by atoms with van der Waals surface area (Å²) in [5.74, 6) is -0.640. The summed E-state index contributed by atoms with van der Waals surface area (Å²) in [4.78, 5) is 28.1. The van der Waals surface area contributed by atoms with Gasteiger partial charge < -0.3 is 19.3 Å². The summed E-state index contributed by atoms with van der Waals surface area (Å²) in [6, 6.07) is 18.3. The van der Waals surface area contributed by atoms with Crippen LogP contribution >= 0.6 is 0 Å². The van der Waals surface area contributed by atoms with Crippen LogP contribution in [0.5, 0.6) is 17.2 Å². The van der Waals surface area contributed by atoms with E-state index in [2.05, 4.69) is 0 Å². The summed E-state index contributed by atoms with van der Waals surface area (Å²) in [6.07, 6.45) is 0. The van der Waals surface area contributed by atoms with Gasteiger partial charge in [0.15, 0.2) is 0 Å². The van der Waals surface area contributed by atoms with E-state index < -0.39 is 17.7 Å². The summed E-state index contributed by atoms with van der Waals surface area (Å²) in [5.41, 5.74) is 2.27. The van der Waals surface area contributed by atoms with Crippen molar-refractivity contribution in [2.24, 2.45) is 0 Å². The number of aliphatic hydroxyl groups is 1. The summed E-state index contributed by atoms with van der Waals surface area (Å²) >= 11 is 0. The van der Waals surface area contributed by atoms with Crippen LogP contribution in [0, 0.1) is 6.92 Å². The van der Waals surface area contributed by atoms with E-state index in [1.54, 1.807) is 54.6 Å². The van der Waals surface area contributed by atoms with E-state index in [0.29, 0.717) is 28.5 Å². The van der Waals surface area contributed by atoms with E-state index in [1.807, 2.05) is 19.1 Å². The van der Waals surface area contributed by atoms with Gasteiger partial charge in [0.05, 0.1) is 38.5 Å². The molecule has 1 fully saturated rings. The molecule has 0 saturated carbocycles. The van der Waals surface area contributed by atoms with E-state index in [9.17, 15) is 14.7 Å². The Morgan fingerprint density at radius 2 is 1.53 bits per heavy atom. The zero-order chi connectivity index (χ0) is 24.4. The molecule has 174 valence electrons. The number of ether oxygens (including phenoxy) is 3. The highest BCUT2D eigenvalue weighted by molar-refractivity contribution is 6.51. The molecule has 0 aromatic heterocycles. The number of rotatable bonds is 6. The Morgan fingerprint density at radius 3 is 2.18 bits per heavy atom. The smallest absolute Gasteiger partial charge is 0.300 e. The molecule has 1 aliphatic rings. The van der Waals surface area contributed by atoms with Crippen LogP contribution in [-0.2, 0) is 9.59 Å². The molecule has 1 unspecified atom stereocenters. The lowest BCUT2D eigenvalue weighted by Crippen LogP contribution is -2.29. The van der Waals surface area contributed by atoms with Crippen molar-refractivity contribution in [3.63, 3.8) is 0 Å². The Kier molecular flexibility index (Phi) is 6.27. The second-order valence-corrected chi connectivity index (χ2v) is 7.81. The van der Waals surface area contributed by atoms with Gasteiger partial charge in [-0.15, -0.1) is 0 Å². The Bertz CT molecular complexity index is 1280. The van der Waals surface area contributed by atoms with Crippen molar-refractivity contribution in [3.05, 3.63) is 89.0 Å². The van der Waals surface area contributed by atoms with Crippen LogP contribution in [0.1, 0.15) is 22.7 Å². The van der Waals surface area contributed by atoms with E-state index >= 15 is 0 Å². The Hall–Kier alpha value is -4.26. The summed E-state index contributed by atoms with van der Waals surface area (Å²) in [6.45, 7) is 1.94. The zero-order valence-electron chi connectivity index (χ0n) is 19.4. The predicted octanol–water partition coefficient (Wildman–Crippen LogP) is 4.65. The minimum atomic E-state index is -0.922. The van der Waals surface area contributed by atoms with Gasteiger partial charge in [-0.3, -0.25) is 14.5 Å². The van der Waals surface area contributed by atoms with Gasteiger partial charge in [-0.05, 0) is 43.3 Å². The van der Waals surface area contributed by atoms with E-state index in [4.69, 9.17) is 14.2 Å². The molecule has 7 nitrogen and oxygen atoms in total. The normalized spacial score (nSPS) is 17.1. The zero-order valence-corrected chi connectivity index (χ0v) is 19.4. The number of aryl methyl sites for hydroxylation is 1. The average Bonchev–Trinajstić information content (AvgIpc) is 3.13. The molecule has 7 heteroatoms. The third-order valence-electron chi connectivity index (χ3n) is 5.85. The first-order valence-corrected chi connectivity index (χ1v) is 10.6. The van der Waals surface area contributed by atoms with Crippen LogP contribution in [0.4, 0.5) is 5.69 Å². The summed E-state index contributed by atoms with van der Waals surface area (Å²) in [5, 5.41) is 11.4. The topological polar surface area (TPSA) is 85.3 Å². The van der Waals surface area contributed by atoms with Crippen LogP contribution in [0.15, 0.2) is 72.3 Å². The van der Waals surface area contributed by atoms with Crippen molar-refractivity contribution in [2.45, 2.75) is 13.0 Å². The number of aliphatic hydroxyl groups excluding tert-OH is 1. The lowest BCUT2D eigenvalue weighted by molar-refractivity contribution is -0.132.